The lowest BCUT2D eigenvalue weighted by Gasteiger charge is -2.26. The summed E-state index contributed by atoms with van der Waals surface area (Å²) in [6.45, 7) is 5.36. The van der Waals surface area contributed by atoms with Gasteiger partial charge in [-0.05, 0) is 29.8 Å². The Hall–Kier alpha value is -2.31. The van der Waals surface area contributed by atoms with Crippen LogP contribution in [0.4, 0.5) is 4.39 Å². The molecule has 3 aromatic rings. The minimum atomic E-state index is -0.448. The van der Waals surface area contributed by atoms with Crippen molar-refractivity contribution in [2.45, 2.75) is 6.54 Å². The van der Waals surface area contributed by atoms with E-state index in [9.17, 15) is 4.39 Å². The highest BCUT2D eigenvalue weighted by Gasteiger charge is 2.12. The standard InChI is InChI=1S/C18H19FN4O/c19-18-16(2-1-5-20-18)14-3-4-17-15(12-14)13-21-23(17)7-6-22-8-10-24-11-9-22/h1-5,12-13H,6-11H2. The van der Waals surface area contributed by atoms with E-state index in [1.807, 2.05) is 29.1 Å². The van der Waals surface area contributed by atoms with Crippen molar-refractivity contribution in [2.24, 2.45) is 0 Å². The minimum Gasteiger partial charge on any atom is -0.379 e. The first-order valence-electron chi connectivity index (χ1n) is 8.18. The van der Waals surface area contributed by atoms with E-state index in [2.05, 4.69) is 15.0 Å². The van der Waals surface area contributed by atoms with Crippen molar-refractivity contribution >= 4 is 10.9 Å². The van der Waals surface area contributed by atoms with Gasteiger partial charge in [0.25, 0.3) is 0 Å². The molecule has 6 heteroatoms. The second-order valence-electron chi connectivity index (χ2n) is 5.94. The third-order valence-electron chi connectivity index (χ3n) is 4.44. The molecule has 124 valence electrons. The molecule has 0 unspecified atom stereocenters. The number of fused-ring (bicyclic) bond motifs is 1. The van der Waals surface area contributed by atoms with Gasteiger partial charge in [0.15, 0.2) is 0 Å². The lowest BCUT2D eigenvalue weighted by Crippen LogP contribution is -2.38. The van der Waals surface area contributed by atoms with Crippen LogP contribution in [0.5, 0.6) is 0 Å². The Morgan fingerprint density at radius 3 is 2.83 bits per heavy atom. The second kappa shape index (κ2) is 6.67. The molecule has 1 aliphatic rings. The van der Waals surface area contributed by atoms with Crippen LogP contribution in [0.25, 0.3) is 22.0 Å². The fourth-order valence-electron chi connectivity index (χ4n) is 3.10. The quantitative estimate of drug-likeness (QED) is 0.691. The molecule has 2 aromatic heterocycles. The average molecular weight is 326 g/mol. The van der Waals surface area contributed by atoms with Crippen molar-refractivity contribution in [3.05, 3.63) is 48.7 Å². The highest BCUT2D eigenvalue weighted by Crippen LogP contribution is 2.25. The first-order valence-corrected chi connectivity index (χ1v) is 8.18. The minimum absolute atomic E-state index is 0.448. The van der Waals surface area contributed by atoms with Crippen LogP contribution in [0.15, 0.2) is 42.7 Å². The topological polar surface area (TPSA) is 43.2 Å². The second-order valence-corrected chi connectivity index (χ2v) is 5.94. The number of nitrogens with zero attached hydrogens (tertiary/aromatic N) is 4. The summed E-state index contributed by atoms with van der Waals surface area (Å²) in [4.78, 5) is 6.10. The fraction of sp³-hybridized carbons (Fsp3) is 0.333. The zero-order valence-corrected chi connectivity index (χ0v) is 13.4. The predicted molar refractivity (Wildman–Crippen MR) is 90.2 cm³/mol. The molecule has 0 saturated carbocycles. The van der Waals surface area contributed by atoms with Crippen molar-refractivity contribution in [3.8, 4) is 11.1 Å². The van der Waals surface area contributed by atoms with Gasteiger partial charge in [-0.25, -0.2) is 4.98 Å². The highest BCUT2D eigenvalue weighted by atomic mass is 19.1. The van der Waals surface area contributed by atoms with E-state index in [1.54, 1.807) is 12.1 Å². The zero-order valence-electron chi connectivity index (χ0n) is 13.4. The largest absolute Gasteiger partial charge is 0.379 e. The van der Waals surface area contributed by atoms with Crippen molar-refractivity contribution in [2.75, 3.05) is 32.8 Å². The van der Waals surface area contributed by atoms with Crippen molar-refractivity contribution in [3.63, 3.8) is 0 Å². The van der Waals surface area contributed by atoms with E-state index < -0.39 is 5.95 Å². The molecule has 1 aromatic carbocycles. The Labute approximate surface area is 139 Å². The van der Waals surface area contributed by atoms with Crippen LogP contribution in [0.2, 0.25) is 0 Å². The average Bonchev–Trinajstić information content (AvgIpc) is 3.03. The molecule has 24 heavy (non-hydrogen) atoms. The van der Waals surface area contributed by atoms with Gasteiger partial charge >= 0.3 is 0 Å². The first-order chi connectivity index (χ1) is 11.8. The van der Waals surface area contributed by atoms with Crippen molar-refractivity contribution < 1.29 is 9.13 Å². The van der Waals surface area contributed by atoms with Gasteiger partial charge in [0, 0.05) is 36.8 Å². The molecule has 4 rings (SSSR count). The molecule has 0 spiro atoms. The molecule has 5 nitrogen and oxygen atoms in total. The SMILES string of the molecule is Fc1ncccc1-c1ccc2c(cnn2CCN2CCOCC2)c1. The smallest absolute Gasteiger partial charge is 0.220 e. The van der Waals surface area contributed by atoms with Gasteiger partial charge in [-0.1, -0.05) is 6.07 Å². The maximum Gasteiger partial charge on any atom is 0.220 e. The predicted octanol–water partition coefficient (Wildman–Crippen LogP) is 2.57. The first kappa shape index (κ1) is 15.2. The van der Waals surface area contributed by atoms with E-state index in [4.69, 9.17) is 4.74 Å². The third-order valence-corrected chi connectivity index (χ3v) is 4.44. The molecule has 0 bridgehead atoms. The lowest BCUT2D eigenvalue weighted by molar-refractivity contribution is 0.0361. The van der Waals surface area contributed by atoms with E-state index >= 15 is 0 Å². The van der Waals surface area contributed by atoms with Gasteiger partial charge < -0.3 is 4.74 Å². The summed E-state index contributed by atoms with van der Waals surface area (Å²) in [5.41, 5.74) is 2.40. The summed E-state index contributed by atoms with van der Waals surface area (Å²) in [6.07, 6.45) is 3.30. The maximum atomic E-state index is 13.9. The van der Waals surface area contributed by atoms with Gasteiger partial charge in [-0.2, -0.15) is 9.49 Å². The number of ether oxygens (including phenoxy) is 1. The number of halogens is 1. The molecule has 0 aliphatic carbocycles. The fourth-order valence-corrected chi connectivity index (χ4v) is 3.10. The molecule has 0 atom stereocenters. The van der Waals surface area contributed by atoms with Crippen LogP contribution in [0, 0.1) is 5.95 Å². The summed E-state index contributed by atoms with van der Waals surface area (Å²) in [7, 11) is 0. The molecule has 0 N–H and O–H groups in total. The number of hydrogen-bond donors (Lipinski definition) is 0. The Bertz CT molecular complexity index is 842. The third kappa shape index (κ3) is 3.02. The molecule has 0 radical (unpaired) electrons. The normalized spacial score (nSPS) is 15.9. The van der Waals surface area contributed by atoms with Crippen LogP contribution in [-0.4, -0.2) is 52.5 Å². The van der Waals surface area contributed by atoms with E-state index in [0.29, 0.717) is 5.56 Å². The van der Waals surface area contributed by atoms with Gasteiger partial charge in [-0.3, -0.25) is 9.58 Å². The number of morpholine rings is 1. The molecule has 1 aliphatic heterocycles. The number of rotatable bonds is 4. The van der Waals surface area contributed by atoms with Crippen molar-refractivity contribution in [1.82, 2.24) is 19.7 Å². The van der Waals surface area contributed by atoms with Crippen LogP contribution in [0.1, 0.15) is 0 Å². The Morgan fingerprint density at radius 2 is 2.00 bits per heavy atom. The Kier molecular flexibility index (Phi) is 4.23. The van der Waals surface area contributed by atoms with Gasteiger partial charge in [0.2, 0.25) is 5.95 Å². The zero-order chi connectivity index (χ0) is 16.4. The Balaban J connectivity index is 1.55. The molecule has 1 saturated heterocycles. The summed E-state index contributed by atoms with van der Waals surface area (Å²) >= 11 is 0. The maximum absolute atomic E-state index is 13.9. The van der Waals surface area contributed by atoms with Crippen LogP contribution >= 0.6 is 0 Å². The monoisotopic (exact) mass is 326 g/mol. The molecule has 0 amide bonds. The summed E-state index contributed by atoms with van der Waals surface area (Å²) in [5.74, 6) is -0.448. The lowest BCUT2D eigenvalue weighted by atomic mass is 10.1. The molecular weight excluding hydrogens is 307 g/mol. The van der Waals surface area contributed by atoms with Gasteiger partial charge in [0.1, 0.15) is 0 Å². The van der Waals surface area contributed by atoms with E-state index in [-0.39, 0.29) is 0 Å². The number of hydrogen-bond acceptors (Lipinski definition) is 4. The van der Waals surface area contributed by atoms with Crippen LogP contribution in [-0.2, 0) is 11.3 Å². The van der Waals surface area contributed by atoms with E-state index in [1.165, 1.54) is 6.20 Å². The van der Waals surface area contributed by atoms with E-state index in [0.717, 1.165) is 55.9 Å². The Morgan fingerprint density at radius 1 is 1.12 bits per heavy atom. The highest BCUT2D eigenvalue weighted by molar-refractivity contribution is 5.84. The number of benzene rings is 1. The van der Waals surface area contributed by atoms with Gasteiger partial charge in [0.05, 0.1) is 31.5 Å². The summed E-state index contributed by atoms with van der Waals surface area (Å²) in [5, 5.41) is 5.50. The van der Waals surface area contributed by atoms with Crippen LogP contribution in [0.3, 0.4) is 0 Å². The van der Waals surface area contributed by atoms with Crippen LogP contribution < -0.4 is 0 Å². The summed E-state index contributed by atoms with van der Waals surface area (Å²) in [6, 6.07) is 9.38. The molecular formula is C18H19FN4O. The van der Waals surface area contributed by atoms with Gasteiger partial charge in [-0.15, -0.1) is 0 Å². The summed E-state index contributed by atoms with van der Waals surface area (Å²) < 4.78 is 21.2. The number of aromatic nitrogens is 3. The number of pyridine rings is 1. The van der Waals surface area contributed by atoms with Crippen molar-refractivity contribution in [1.29, 1.82) is 0 Å². The molecule has 1 fully saturated rings. The molecule has 3 heterocycles.